The Bertz CT molecular complexity index is 434. The lowest BCUT2D eigenvalue weighted by Gasteiger charge is -2.38. The number of nitrogens with zero attached hydrogens (tertiary/aromatic N) is 1. The lowest BCUT2D eigenvalue weighted by atomic mass is 10.1. The van der Waals surface area contributed by atoms with Gasteiger partial charge in [-0.2, -0.15) is 0 Å². The van der Waals surface area contributed by atoms with Gasteiger partial charge in [0.1, 0.15) is 5.75 Å². The van der Waals surface area contributed by atoms with E-state index in [9.17, 15) is 0 Å². The van der Waals surface area contributed by atoms with Gasteiger partial charge in [-0.3, -0.25) is 4.90 Å². The van der Waals surface area contributed by atoms with E-state index in [0.29, 0.717) is 6.04 Å². The summed E-state index contributed by atoms with van der Waals surface area (Å²) in [4.78, 5) is 2.54. The van der Waals surface area contributed by atoms with Gasteiger partial charge in [0, 0.05) is 26.2 Å². The number of hydrogen-bond donors (Lipinski definition) is 0. The molecule has 0 radical (unpaired) electrons. The van der Waals surface area contributed by atoms with Crippen molar-refractivity contribution in [2.45, 2.75) is 37.6 Å². The first-order valence-corrected chi connectivity index (χ1v) is 7.33. The molecule has 1 aromatic rings. The van der Waals surface area contributed by atoms with Crippen molar-refractivity contribution in [3.8, 4) is 5.75 Å². The number of benzene rings is 1. The second-order valence-electron chi connectivity index (χ2n) is 5.57. The van der Waals surface area contributed by atoms with E-state index >= 15 is 0 Å². The molecule has 4 nitrogen and oxygen atoms in total. The third-order valence-electron chi connectivity index (χ3n) is 4.50. The Morgan fingerprint density at radius 2 is 2.00 bits per heavy atom. The zero-order valence-corrected chi connectivity index (χ0v) is 12.2. The van der Waals surface area contributed by atoms with E-state index in [0.717, 1.165) is 31.9 Å². The van der Waals surface area contributed by atoms with E-state index in [4.69, 9.17) is 14.2 Å². The lowest BCUT2D eigenvalue weighted by molar-refractivity contribution is -0.106. The number of morpholine rings is 1. The third-order valence-corrected chi connectivity index (χ3v) is 4.50. The molecule has 0 amide bonds. The zero-order chi connectivity index (χ0) is 13.9. The average Bonchev–Trinajstić information content (AvgIpc) is 2.92. The lowest BCUT2D eigenvalue weighted by Crippen LogP contribution is -2.51. The van der Waals surface area contributed by atoms with Crippen LogP contribution >= 0.6 is 0 Å². The third kappa shape index (κ3) is 2.68. The second-order valence-corrected chi connectivity index (χ2v) is 5.57. The fraction of sp³-hybridized carbons (Fsp3) is 0.625. The molecule has 0 aromatic heterocycles. The number of ether oxygens (including phenoxy) is 3. The quantitative estimate of drug-likeness (QED) is 0.843. The Morgan fingerprint density at radius 1 is 1.20 bits per heavy atom. The molecule has 20 heavy (non-hydrogen) atoms. The summed E-state index contributed by atoms with van der Waals surface area (Å²) in [7, 11) is 3.49. The maximum Gasteiger partial charge on any atom is 0.118 e. The van der Waals surface area contributed by atoms with Crippen LogP contribution < -0.4 is 4.74 Å². The molecule has 3 atom stereocenters. The Morgan fingerprint density at radius 3 is 2.70 bits per heavy atom. The van der Waals surface area contributed by atoms with Crippen LogP contribution in [0.4, 0.5) is 0 Å². The van der Waals surface area contributed by atoms with E-state index in [-0.39, 0.29) is 12.2 Å². The summed E-state index contributed by atoms with van der Waals surface area (Å²) in [6.07, 6.45) is 2.77. The highest BCUT2D eigenvalue weighted by Crippen LogP contribution is 2.32. The molecular weight excluding hydrogens is 254 g/mol. The summed E-state index contributed by atoms with van der Waals surface area (Å²) in [6, 6.07) is 8.84. The van der Waals surface area contributed by atoms with Gasteiger partial charge in [-0.1, -0.05) is 12.1 Å². The van der Waals surface area contributed by atoms with Gasteiger partial charge >= 0.3 is 0 Å². The highest BCUT2D eigenvalue weighted by molar-refractivity contribution is 5.27. The summed E-state index contributed by atoms with van der Waals surface area (Å²) < 4.78 is 16.7. The maximum absolute atomic E-state index is 5.92. The van der Waals surface area contributed by atoms with Gasteiger partial charge in [-0.15, -0.1) is 0 Å². The average molecular weight is 277 g/mol. The number of fused-ring (bicyclic) bond motifs is 1. The summed E-state index contributed by atoms with van der Waals surface area (Å²) in [6.45, 7) is 2.78. The summed E-state index contributed by atoms with van der Waals surface area (Å²) >= 11 is 0. The first-order valence-electron chi connectivity index (χ1n) is 7.33. The number of methoxy groups -OCH3 is 2. The van der Waals surface area contributed by atoms with Crippen molar-refractivity contribution in [1.82, 2.24) is 4.90 Å². The molecule has 0 spiro atoms. The highest BCUT2D eigenvalue weighted by atomic mass is 16.5. The first-order chi connectivity index (χ1) is 9.81. The Balaban J connectivity index is 1.67. The minimum atomic E-state index is 0.243. The zero-order valence-electron chi connectivity index (χ0n) is 12.2. The summed E-state index contributed by atoms with van der Waals surface area (Å²) in [5.74, 6) is 0.911. The van der Waals surface area contributed by atoms with Gasteiger partial charge in [-0.05, 0) is 30.5 Å². The van der Waals surface area contributed by atoms with Crippen LogP contribution in [-0.4, -0.2) is 50.5 Å². The number of hydrogen-bond acceptors (Lipinski definition) is 4. The summed E-state index contributed by atoms with van der Waals surface area (Å²) in [5, 5.41) is 0. The SMILES string of the molecule is COc1ccc(CN2CCO[C@H]3[C@H](OC)CC[C@@H]32)cc1. The first kappa shape index (κ1) is 13.9. The standard InChI is InChI=1S/C16H23NO3/c1-18-13-5-3-12(4-6-13)11-17-9-10-20-16-14(17)7-8-15(16)19-2/h3-6,14-16H,7-11H2,1-2H3/t14-,15+,16+/m0/s1. The molecular formula is C16H23NO3. The van der Waals surface area contributed by atoms with Gasteiger partial charge in [-0.25, -0.2) is 0 Å². The van der Waals surface area contributed by atoms with Gasteiger partial charge in [0.05, 0.1) is 25.9 Å². The van der Waals surface area contributed by atoms with Gasteiger partial charge in [0.15, 0.2) is 0 Å². The molecule has 0 unspecified atom stereocenters. The Labute approximate surface area is 120 Å². The van der Waals surface area contributed by atoms with Crippen LogP contribution in [0.2, 0.25) is 0 Å². The molecule has 1 heterocycles. The van der Waals surface area contributed by atoms with E-state index in [1.807, 2.05) is 12.1 Å². The molecule has 2 aliphatic rings. The van der Waals surface area contributed by atoms with Crippen LogP contribution in [0, 0.1) is 0 Å². The summed E-state index contributed by atoms with van der Waals surface area (Å²) in [5.41, 5.74) is 1.33. The highest BCUT2D eigenvalue weighted by Gasteiger charge is 2.42. The molecule has 110 valence electrons. The molecule has 1 saturated heterocycles. The van der Waals surface area contributed by atoms with Crippen LogP contribution in [0.5, 0.6) is 5.75 Å². The van der Waals surface area contributed by atoms with E-state index in [1.54, 1.807) is 14.2 Å². The maximum atomic E-state index is 5.92. The van der Waals surface area contributed by atoms with Crippen LogP contribution in [0.25, 0.3) is 0 Å². The minimum absolute atomic E-state index is 0.243. The van der Waals surface area contributed by atoms with Crippen LogP contribution in [0.15, 0.2) is 24.3 Å². The Kier molecular flexibility index (Phi) is 4.24. The van der Waals surface area contributed by atoms with Crippen molar-refractivity contribution in [2.75, 3.05) is 27.4 Å². The van der Waals surface area contributed by atoms with Crippen molar-refractivity contribution < 1.29 is 14.2 Å². The van der Waals surface area contributed by atoms with Crippen LogP contribution in [-0.2, 0) is 16.0 Å². The monoisotopic (exact) mass is 277 g/mol. The fourth-order valence-electron chi connectivity index (χ4n) is 3.41. The van der Waals surface area contributed by atoms with Crippen molar-refractivity contribution in [3.05, 3.63) is 29.8 Å². The van der Waals surface area contributed by atoms with E-state index < -0.39 is 0 Å². The van der Waals surface area contributed by atoms with Gasteiger partial charge in [0.2, 0.25) is 0 Å². The molecule has 1 aliphatic carbocycles. The topological polar surface area (TPSA) is 30.9 Å². The van der Waals surface area contributed by atoms with Crippen molar-refractivity contribution >= 4 is 0 Å². The molecule has 3 rings (SSSR count). The predicted molar refractivity (Wildman–Crippen MR) is 77.0 cm³/mol. The molecule has 1 aromatic carbocycles. The second kappa shape index (κ2) is 6.12. The Hall–Kier alpha value is -1.10. The largest absolute Gasteiger partial charge is 0.497 e. The number of rotatable bonds is 4. The molecule has 2 fully saturated rings. The molecule has 0 bridgehead atoms. The van der Waals surface area contributed by atoms with Crippen LogP contribution in [0.1, 0.15) is 18.4 Å². The van der Waals surface area contributed by atoms with E-state index in [2.05, 4.69) is 17.0 Å². The molecule has 1 aliphatic heterocycles. The van der Waals surface area contributed by atoms with Gasteiger partial charge in [0.25, 0.3) is 0 Å². The van der Waals surface area contributed by atoms with E-state index in [1.165, 1.54) is 12.0 Å². The minimum Gasteiger partial charge on any atom is -0.497 e. The smallest absolute Gasteiger partial charge is 0.118 e. The van der Waals surface area contributed by atoms with Crippen molar-refractivity contribution in [3.63, 3.8) is 0 Å². The van der Waals surface area contributed by atoms with Crippen molar-refractivity contribution in [2.24, 2.45) is 0 Å². The molecule has 4 heteroatoms. The van der Waals surface area contributed by atoms with Crippen LogP contribution in [0.3, 0.4) is 0 Å². The molecule has 1 saturated carbocycles. The normalized spacial score (nSPS) is 30.2. The van der Waals surface area contributed by atoms with Gasteiger partial charge < -0.3 is 14.2 Å². The fourth-order valence-corrected chi connectivity index (χ4v) is 3.41. The predicted octanol–water partition coefficient (Wildman–Crippen LogP) is 2.07. The van der Waals surface area contributed by atoms with Crippen molar-refractivity contribution in [1.29, 1.82) is 0 Å². The molecule has 0 N–H and O–H groups in total.